The summed E-state index contributed by atoms with van der Waals surface area (Å²) in [4.78, 5) is 8.81. The highest BCUT2D eigenvalue weighted by Crippen LogP contribution is 2.13. The van der Waals surface area contributed by atoms with E-state index in [0.717, 1.165) is 69.6 Å². The van der Waals surface area contributed by atoms with Crippen LogP contribution in [0.5, 0.6) is 0 Å². The van der Waals surface area contributed by atoms with Crippen LogP contribution in [0.4, 0.5) is 0 Å². The van der Waals surface area contributed by atoms with Gasteiger partial charge in [-0.2, -0.15) is 5.10 Å². The number of methoxy groups -OCH3 is 1. The molecule has 1 aromatic rings. The van der Waals surface area contributed by atoms with E-state index in [9.17, 15) is 0 Å². The zero-order chi connectivity index (χ0) is 17.9. The first-order valence-electron chi connectivity index (χ1n) is 9.23. The predicted molar refractivity (Wildman–Crippen MR) is 97.7 cm³/mol. The Balaban J connectivity index is 1.69. The molecule has 1 atom stereocenters. The Hall–Kier alpha value is -1.67. The lowest BCUT2D eigenvalue weighted by Crippen LogP contribution is -2.47. The maximum atomic E-state index is 5.57. The lowest BCUT2D eigenvalue weighted by molar-refractivity contribution is 0.129. The Morgan fingerprint density at radius 3 is 2.96 bits per heavy atom. The maximum Gasteiger partial charge on any atom is 0.191 e. The zero-order valence-electron chi connectivity index (χ0n) is 15.8. The summed E-state index contributed by atoms with van der Waals surface area (Å²) in [6, 6.07) is 0.302. The lowest BCUT2D eigenvalue weighted by atomic mass is 10.1. The van der Waals surface area contributed by atoms with Crippen LogP contribution >= 0.6 is 0 Å². The van der Waals surface area contributed by atoms with E-state index in [1.54, 1.807) is 14.2 Å². The van der Waals surface area contributed by atoms with Crippen LogP contribution in [-0.2, 0) is 29.0 Å². The molecule has 0 fully saturated rings. The molecule has 0 saturated carbocycles. The van der Waals surface area contributed by atoms with E-state index in [0.29, 0.717) is 12.6 Å². The van der Waals surface area contributed by atoms with Crippen molar-refractivity contribution in [1.82, 2.24) is 25.4 Å². The van der Waals surface area contributed by atoms with Gasteiger partial charge < -0.3 is 20.1 Å². The Morgan fingerprint density at radius 1 is 1.36 bits per heavy atom. The average Bonchev–Trinajstić information content (AvgIpc) is 3.02. The summed E-state index contributed by atoms with van der Waals surface area (Å²) in [6.07, 6.45) is 5.22. The number of hydrogen-bond acceptors (Lipinski definition) is 5. The Kier molecular flexibility index (Phi) is 8.68. The van der Waals surface area contributed by atoms with Crippen LogP contribution in [0.25, 0.3) is 0 Å². The quantitative estimate of drug-likeness (QED) is 0.373. The van der Waals surface area contributed by atoms with Crippen LogP contribution in [-0.4, -0.2) is 60.7 Å². The van der Waals surface area contributed by atoms with Gasteiger partial charge in [0.25, 0.3) is 0 Å². The minimum Gasteiger partial charge on any atom is -0.381 e. The highest BCUT2D eigenvalue weighted by atomic mass is 16.5. The molecule has 0 bridgehead atoms. The molecule has 0 spiro atoms. The molecule has 142 valence electrons. The number of fused-ring (bicyclic) bond motifs is 1. The third kappa shape index (κ3) is 6.62. The number of guanidine groups is 1. The molecule has 25 heavy (non-hydrogen) atoms. The third-order valence-electron chi connectivity index (χ3n) is 4.14. The van der Waals surface area contributed by atoms with Crippen molar-refractivity contribution in [3.63, 3.8) is 0 Å². The average molecular weight is 352 g/mol. The molecular weight excluding hydrogens is 320 g/mol. The number of aliphatic imine (C=N–C) groups is 1. The molecule has 2 rings (SSSR count). The van der Waals surface area contributed by atoms with E-state index in [1.165, 1.54) is 6.42 Å². The van der Waals surface area contributed by atoms with E-state index in [1.807, 2.05) is 4.68 Å². The van der Waals surface area contributed by atoms with Crippen LogP contribution in [0.3, 0.4) is 0 Å². The molecular formula is C17H32N6O2. The molecule has 0 amide bonds. The van der Waals surface area contributed by atoms with Crippen molar-refractivity contribution in [3.05, 3.63) is 11.6 Å². The second-order valence-electron chi connectivity index (χ2n) is 6.26. The molecule has 0 radical (unpaired) electrons. The van der Waals surface area contributed by atoms with Crippen molar-refractivity contribution in [3.8, 4) is 0 Å². The van der Waals surface area contributed by atoms with Crippen LogP contribution < -0.4 is 10.6 Å². The number of aryl methyl sites for hydroxylation is 1. The number of nitrogens with zero attached hydrogens (tertiary/aromatic N) is 4. The van der Waals surface area contributed by atoms with Gasteiger partial charge in [-0.3, -0.25) is 4.99 Å². The van der Waals surface area contributed by atoms with Crippen molar-refractivity contribution in [2.45, 2.75) is 58.2 Å². The second kappa shape index (κ2) is 11.0. The van der Waals surface area contributed by atoms with E-state index in [4.69, 9.17) is 9.47 Å². The number of ether oxygens (including phenoxy) is 2. The van der Waals surface area contributed by atoms with Gasteiger partial charge in [-0.05, 0) is 19.3 Å². The molecule has 0 aliphatic carbocycles. The molecule has 0 aromatic carbocycles. The van der Waals surface area contributed by atoms with Crippen molar-refractivity contribution in [2.75, 3.05) is 33.9 Å². The standard InChI is InChI=1S/C17H32N6O2/c1-4-5-10-25-11-6-9-19-17(18-2)20-14-7-8-16-21-15(13-24-3)22-23(16)12-14/h14H,4-13H2,1-3H3,(H2,18,19,20). The van der Waals surface area contributed by atoms with Gasteiger partial charge in [-0.1, -0.05) is 13.3 Å². The number of unbranched alkanes of at least 4 members (excludes halogenated alkanes) is 1. The van der Waals surface area contributed by atoms with Gasteiger partial charge in [0, 0.05) is 46.4 Å². The van der Waals surface area contributed by atoms with Crippen molar-refractivity contribution in [2.24, 2.45) is 4.99 Å². The van der Waals surface area contributed by atoms with Crippen LogP contribution in [0.2, 0.25) is 0 Å². The topological polar surface area (TPSA) is 85.6 Å². The fourth-order valence-corrected chi connectivity index (χ4v) is 2.79. The largest absolute Gasteiger partial charge is 0.381 e. The molecule has 8 nitrogen and oxygen atoms in total. The molecule has 1 aliphatic heterocycles. The molecule has 2 N–H and O–H groups in total. The fourth-order valence-electron chi connectivity index (χ4n) is 2.79. The van der Waals surface area contributed by atoms with Crippen molar-refractivity contribution in [1.29, 1.82) is 0 Å². The summed E-state index contributed by atoms with van der Waals surface area (Å²) < 4.78 is 12.7. The summed E-state index contributed by atoms with van der Waals surface area (Å²) in [5.41, 5.74) is 0. The SMILES string of the molecule is CCCCOCCCNC(=NC)NC1CCc2nc(COC)nn2C1. The minimum absolute atomic E-state index is 0.302. The molecule has 1 aromatic heterocycles. The van der Waals surface area contributed by atoms with Gasteiger partial charge in [0.05, 0.1) is 6.54 Å². The lowest BCUT2D eigenvalue weighted by Gasteiger charge is -2.25. The summed E-state index contributed by atoms with van der Waals surface area (Å²) in [5, 5.41) is 11.3. The summed E-state index contributed by atoms with van der Waals surface area (Å²) in [6.45, 7) is 5.93. The number of hydrogen-bond donors (Lipinski definition) is 2. The van der Waals surface area contributed by atoms with E-state index in [-0.39, 0.29) is 0 Å². The van der Waals surface area contributed by atoms with Gasteiger partial charge >= 0.3 is 0 Å². The molecule has 0 saturated heterocycles. The minimum atomic E-state index is 0.302. The second-order valence-corrected chi connectivity index (χ2v) is 6.26. The first kappa shape index (κ1) is 19.7. The van der Waals surface area contributed by atoms with Gasteiger partial charge in [0.1, 0.15) is 12.4 Å². The third-order valence-corrected chi connectivity index (χ3v) is 4.14. The van der Waals surface area contributed by atoms with Crippen LogP contribution in [0.1, 0.15) is 44.3 Å². The fraction of sp³-hybridized carbons (Fsp3) is 0.824. The number of nitrogens with one attached hydrogen (secondary N) is 2. The molecule has 1 unspecified atom stereocenters. The highest BCUT2D eigenvalue weighted by molar-refractivity contribution is 5.79. The van der Waals surface area contributed by atoms with E-state index in [2.05, 4.69) is 32.6 Å². The zero-order valence-corrected chi connectivity index (χ0v) is 15.8. The van der Waals surface area contributed by atoms with Gasteiger partial charge in [0.15, 0.2) is 11.8 Å². The van der Waals surface area contributed by atoms with Gasteiger partial charge in [0.2, 0.25) is 0 Å². The van der Waals surface area contributed by atoms with Crippen molar-refractivity contribution >= 4 is 5.96 Å². The Bertz CT molecular complexity index is 531. The summed E-state index contributed by atoms with van der Waals surface area (Å²) in [5.74, 6) is 2.63. The molecule has 1 aliphatic rings. The number of aromatic nitrogens is 3. The van der Waals surface area contributed by atoms with Crippen LogP contribution in [0.15, 0.2) is 4.99 Å². The normalized spacial score (nSPS) is 17.4. The van der Waals surface area contributed by atoms with Gasteiger partial charge in [-0.15, -0.1) is 0 Å². The predicted octanol–water partition coefficient (Wildman–Crippen LogP) is 1.11. The first-order valence-corrected chi connectivity index (χ1v) is 9.23. The van der Waals surface area contributed by atoms with Gasteiger partial charge in [-0.25, -0.2) is 9.67 Å². The number of rotatable bonds is 10. The van der Waals surface area contributed by atoms with Crippen molar-refractivity contribution < 1.29 is 9.47 Å². The summed E-state index contributed by atoms with van der Waals surface area (Å²) >= 11 is 0. The highest BCUT2D eigenvalue weighted by Gasteiger charge is 2.22. The van der Waals surface area contributed by atoms with E-state index >= 15 is 0 Å². The Morgan fingerprint density at radius 2 is 2.20 bits per heavy atom. The first-order chi connectivity index (χ1) is 12.3. The van der Waals surface area contributed by atoms with E-state index < -0.39 is 0 Å². The smallest absolute Gasteiger partial charge is 0.191 e. The van der Waals surface area contributed by atoms with Crippen LogP contribution in [0, 0.1) is 0 Å². The monoisotopic (exact) mass is 352 g/mol. The summed E-state index contributed by atoms with van der Waals surface area (Å²) in [7, 11) is 3.46. The Labute approximate surface area is 150 Å². The maximum absolute atomic E-state index is 5.57. The molecule has 2 heterocycles. The molecule has 8 heteroatoms.